The Kier molecular flexibility index (Phi) is 4.96. The number of allylic oxidation sites excluding steroid dienone is 1. The van der Waals surface area contributed by atoms with E-state index in [1.807, 2.05) is 36.4 Å². The van der Waals surface area contributed by atoms with Crippen molar-refractivity contribution in [3.05, 3.63) is 70.1 Å². The Morgan fingerprint density at radius 3 is 2.85 bits per heavy atom. The molecule has 1 aromatic heterocycles. The van der Waals surface area contributed by atoms with E-state index in [-0.39, 0.29) is 11.1 Å². The van der Waals surface area contributed by atoms with E-state index in [2.05, 4.69) is 22.1 Å². The number of anilines is 1. The average Bonchev–Trinajstić information content (AvgIpc) is 2.48. The predicted molar refractivity (Wildman–Crippen MR) is 82.1 cm³/mol. The SMILES string of the molecule is C=CCCC(Nc1cn[nH]c(=O)c1Cl)c1ccccc1. The maximum atomic E-state index is 11.5. The minimum Gasteiger partial charge on any atom is -0.376 e. The number of H-pyrrole nitrogens is 1. The Morgan fingerprint density at radius 1 is 1.40 bits per heavy atom. The molecule has 0 aliphatic rings. The molecule has 0 amide bonds. The van der Waals surface area contributed by atoms with Gasteiger partial charge in [0.05, 0.1) is 17.9 Å². The van der Waals surface area contributed by atoms with Gasteiger partial charge in [-0.2, -0.15) is 5.10 Å². The first kappa shape index (κ1) is 14.3. The third-order valence-electron chi connectivity index (χ3n) is 2.99. The number of nitrogens with zero attached hydrogens (tertiary/aromatic N) is 1. The van der Waals surface area contributed by atoms with Crippen molar-refractivity contribution in [3.8, 4) is 0 Å². The molecule has 1 atom stereocenters. The summed E-state index contributed by atoms with van der Waals surface area (Å²) in [4.78, 5) is 11.5. The van der Waals surface area contributed by atoms with E-state index >= 15 is 0 Å². The number of hydrogen-bond acceptors (Lipinski definition) is 3. The molecule has 0 saturated carbocycles. The monoisotopic (exact) mass is 289 g/mol. The molecule has 0 radical (unpaired) electrons. The van der Waals surface area contributed by atoms with Gasteiger partial charge < -0.3 is 5.32 Å². The van der Waals surface area contributed by atoms with Crippen LogP contribution < -0.4 is 10.9 Å². The number of rotatable bonds is 6. The second-order valence-electron chi connectivity index (χ2n) is 4.40. The molecule has 5 heteroatoms. The van der Waals surface area contributed by atoms with Crippen molar-refractivity contribution in [2.24, 2.45) is 0 Å². The van der Waals surface area contributed by atoms with E-state index in [1.165, 1.54) is 6.20 Å². The third kappa shape index (κ3) is 3.48. The van der Waals surface area contributed by atoms with Crippen LogP contribution in [0, 0.1) is 0 Å². The lowest BCUT2D eigenvalue weighted by atomic mass is 10.0. The van der Waals surface area contributed by atoms with E-state index < -0.39 is 5.56 Å². The Balaban J connectivity index is 2.26. The standard InChI is InChI=1S/C15H16ClN3O/c1-2-3-9-12(11-7-5-4-6-8-11)18-13-10-17-19-15(20)14(13)16/h2,4-8,10,12H,1,3,9H2,(H2,18,19,20). The first-order chi connectivity index (χ1) is 9.72. The van der Waals surface area contributed by atoms with Gasteiger partial charge in [-0.1, -0.05) is 48.0 Å². The number of aromatic amines is 1. The van der Waals surface area contributed by atoms with Crippen LogP contribution in [-0.4, -0.2) is 10.2 Å². The minimum atomic E-state index is -0.396. The molecule has 0 fully saturated rings. The Hall–Kier alpha value is -2.07. The smallest absolute Gasteiger partial charge is 0.285 e. The van der Waals surface area contributed by atoms with Gasteiger partial charge in [0.15, 0.2) is 0 Å². The molecule has 4 nitrogen and oxygen atoms in total. The molecule has 0 bridgehead atoms. The van der Waals surface area contributed by atoms with Gasteiger partial charge in [-0.3, -0.25) is 4.79 Å². The molecule has 0 saturated heterocycles. The van der Waals surface area contributed by atoms with Crippen LogP contribution in [0.2, 0.25) is 5.02 Å². The minimum absolute atomic E-state index is 0.0512. The summed E-state index contributed by atoms with van der Waals surface area (Å²) in [6.07, 6.45) is 5.11. The average molecular weight is 290 g/mol. The molecular formula is C15H16ClN3O. The molecule has 104 valence electrons. The lowest BCUT2D eigenvalue weighted by Gasteiger charge is -2.20. The number of hydrogen-bond donors (Lipinski definition) is 2. The fraction of sp³-hybridized carbons (Fsp3) is 0.200. The lowest BCUT2D eigenvalue weighted by Crippen LogP contribution is -2.16. The van der Waals surface area contributed by atoms with Gasteiger partial charge in [0, 0.05) is 0 Å². The summed E-state index contributed by atoms with van der Waals surface area (Å²) >= 11 is 5.99. The van der Waals surface area contributed by atoms with Gasteiger partial charge in [-0.05, 0) is 18.4 Å². The van der Waals surface area contributed by atoms with Gasteiger partial charge in [0.1, 0.15) is 5.02 Å². The molecule has 2 aromatic rings. The summed E-state index contributed by atoms with van der Waals surface area (Å²) in [6, 6.07) is 10.1. The number of benzene rings is 1. The zero-order valence-corrected chi connectivity index (χ0v) is 11.7. The van der Waals surface area contributed by atoms with E-state index in [1.54, 1.807) is 0 Å². The molecule has 20 heavy (non-hydrogen) atoms. The normalized spacial score (nSPS) is 11.8. The van der Waals surface area contributed by atoms with Crippen molar-refractivity contribution in [2.45, 2.75) is 18.9 Å². The van der Waals surface area contributed by atoms with Crippen molar-refractivity contribution in [2.75, 3.05) is 5.32 Å². The highest BCUT2D eigenvalue weighted by atomic mass is 35.5. The fourth-order valence-corrected chi connectivity index (χ4v) is 2.11. The first-order valence-electron chi connectivity index (χ1n) is 6.38. The molecule has 0 aliphatic heterocycles. The van der Waals surface area contributed by atoms with Crippen LogP contribution in [0.5, 0.6) is 0 Å². The van der Waals surface area contributed by atoms with Crippen molar-refractivity contribution in [1.29, 1.82) is 0 Å². The molecular weight excluding hydrogens is 274 g/mol. The Labute approximate surface area is 122 Å². The first-order valence-corrected chi connectivity index (χ1v) is 6.75. The quantitative estimate of drug-likeness (QED) is 0.800. The third-order valence-corrected chi connectivity index (χ3v) is 3.36. The van der Waals surface area contributed by atoms with E-state index in [9.17, 15) is 4.79 Å². The summed E-state index contributed by atoms with van der Waals surface area (Å²) in [5, 5.41) is 9.47. The van der Waals surface area contributed by atoms with Crippen LogP contribution in [0.15, 0.2) is 54.0 Å². The van der Waals surface area contributed by atoms with Crippen molar-refractivity contribution >= 4 is 17.3 Å². The van der Waals surface area contributed by atoms with E-state index in [4.69, 9.17) is 11.6 Å². The molecule has 2 rings (SSSR count). The molecule has 0 spiro atoms. The fourth-order valence-electron chi connectivity index (χ4n) is 1.96. The van der Waals surface area contributed by atoms with Gasteiger partial charge in [-0.25, -0.2) is 5.10 Å². The topological polar surface area (TPSA) is 57.8 Å². The number of nitrogens with one attached hydrogen (secondary N) is 2. The van der Waals surface area contributed by atoms with Crippen LogP contribution in [0.3, 0.4) is 0 Å². The highest BCUT2D eigenvalue weighted by Crippen LogP contribution is 2.26. The molecule has 1 aromatic carbocycles. The van der Waals surface area contributed by atoms with Gasteiger partial charge in [0.25, 0.3) is 5.56 Å². The van der Waals surface area contributed by atoms with Crippen LogP contribution >= 0.6 is 11.6 Å². The maximum Gasteiger partial charge on any atom is 0.285 e. The molecule has 2 N–H and O–H groups in total. The number of halogens is 1. The maximum absolute atomic E-state index is 11.5. The van der Waals surface area contributed by atoms with Gasteiger partial charge in [0.2, 0.25) is 0 Å². The molecule has 1 heterocycles. The van der Waals surface area contributed by atoms with Crippen LogP contribution in [0.1, 0.15) is 24.4 Å². The summed E-state index contributed by atoms with van der Waals surface area (Å²) in [5.74, 6) is 0. The van der Waals surface area contributed by atoms with Gasteiger partial charge in [-0.15, -0.1) is 6.58 Å². The summed E-state index contributed by atoms with van der Waals surface area (Å²) < 4.78 is 0. The highest BCUT2D eigenvalue weighted by molar-refractivity contribution is 6.32. The largest absolute Gasteiger partial charge is 0.376 e. The Bertz CT molecular complexity index is 625. The lowest BCUT2D eigenvalue weighted by molar-refractivity contribution is 0.704. The van der Waals surface area contributed by atoms with Crippen LogP contribution in [0.25, 0.3) is 0 Å². The van der Waals surface area contributed by atoms with Crippen LogP contribution in [-0.2, 0) is 0 Å². The van der Waals surface area contributed by atoms with Crippen molar-refractivity contribution in [1.82, 2.24) is 10.2 Å². The van der Waals surface area contributed by atoms with E-state index in [0.29, 0.717) is 5.69 Å². The summed E-state index contributed by atoms with van der Waals surface area (Å²) in [7, 11) is 0. The number of aromatic nitrogens is 2. The Morgan fingerprint density at radius 2 is 2.15 bits per heavy atom. The highest BCUT2D eigenvalue weighted by Gasteiger charge is 2.13. The summed E-state index contributed by atoms with van der Waals surface area (Å²) in [5.41, 5.74) is 1.27. The van der Waals surface area contributed by atoms with Gasteiger partial charge >= 0.3 is 0 Å². The zero-order valence-electron chi connectivity index (χ0n) is 11.0. The molecule has 0 aliphatic carbocycles. The van der Waals surface area contributed by atoms with Crippen LogP contribution in [0.4, 0.5) is 5.69 Å². The van der Waals surface area contributed by atoms with E-state index in [0.717, 1.165) is 18.4 Å². The second kappa shape index (κ2) is 6.91. The van der Waals surface area contributed by atoms with Crippen molar-refractivity contribution in [3.63, 3.8) is 0 Å². The second-order valence-corrected chi connectivity index (χ2v) is 4.78. The molecule has 1 unspecified atom stereocenters. The van der Waals surface area contributed by atoms with Crippen molar-refractivity contribution < 1.29 is 0 Å². The summed E-state index contributed by atoms with van der Waals surface area (Å²) in [6.45, 7) is 3.74. The predicted octanol–water partition coefficient (Wildman–Crippen LogP) is 3.54. The zero-order chi connectivity index (χ0) is 14.4.